The number of halogens is 3. The van der Waals surface area contributed by atoms with E-state index in [4.69, 9.17) is 0 Å². The molecule has 0 aliphatic carbocycles. The zero-order chi connectivity index (χ0) is 12.2. The molecule has 0 aliphatic rings. The number of carbonyl (C=O) groups is 1. The van der Waals surface area contributed by atoms with E-state index in [1.807, 2.05) is 0 Å². The van der Waals surface area contributed by atoms with Crippen LogP contribution in [0.4, 0.5) is 13.2 Å². The van der Waals surface area contributed by atoms with Gasteiger partial charge in [-0.3, -0.25) is 4.89 Å². The van der Waals surface area contributed by atoms with E-state index in [1.165, 1.54) is 12.1 Å². The van der Waals surface area contributed by atoms with Gasteiger partial charge in [-0.05, 0) is 5.56 Å². The van der Waals surface area contributed by atoms with E-state index < -0.39 is 12.3 Å². The molecule has 16 heavy (non-hydrogen) atoms. The van der Waals surface area contributed by atoms with Crippen LogP contribution in [-0.4, -0.2) is 12.3 Å². The third kappa shape index (κ3) is 3.74. The first-order valence-corrected chi connectivity index (χ1v) is 4.11. The van der Waals surface area contributed by atoms with Crippen molar-refractivity contribution in [3.05, 3.63) is 42.5 Å². The molecule has 0 unspecified atom stereocenters. The van der Waals surface area contributed by atoms with Gasteiger partial charge in [0.15, 0.2) is 0 Å². The second kappa shape index (κ2) is 4.80. The quantitative estimate of drug-likeness (QED) is 0.456. The van der Waals surface area contributed by atoms with E-state index in [0.29, 0.717) is 5.56 Å². The Hall–Kier alpha value is -1.82. The van der Waals surface area contributed by atoms with Crippen molar-refractivity contribution in [2.24, 2.45) is 0 Å². The van der Waals surface area contributed by atoms with Gasteiger partial charge < -0.3 is 0 Å². The minimum atomic E-state index is -5.02. The molecule has 0 N–H and O–H groups in total. The van der Waals surface area contributed by atoms with Crippen LogP contribution >= 0.6 is 0 Å². The molecule has 0 amide bonds. The average molecular weight is 232 g/mol. The summed E-state index contributed by atoms with van der Waals surface area (Å²) in [4.78, 5) is 17.5. The Balaban J connectivity index is 2.59. The summed E-state index contributed by atoms with van der Waals surface area (Å²) >= 11 is 0. The van der Waals surface area contributed by atoms with Crippen molar-refractivity contribution in [3.63, 3.8) is 0 Å². The summed E-state index contributed by atoms with van der Waals surface area (Å²) in [5, 5.41) is 0. The molecule has 1 aromatic rings. The van der Waals surface area contributed by atoms with Gasteiger partial charge in [0.1, 0.15) is 0 Å². The van der Waals surface area contributed by atoms with Gasteiger partial charge in [-0.15, -0.1) is 13.2 Å². The molecule has 6 heteroatoms. The number of alkyl halides is 3. The first kappa shape index (κ1) is 12.3. The predicted molar refractivity (Wildman–Crippen MR) is 48.7 cm³/mol. The number of carbonyl (C=O) groups excluding carboxylic acids is 1. The Labute approximate surface area is 89.0 Å². The first-order valence-electron chi connectivity index (χ1n) is 4.11. The van der Waals surface area contributed by atoms with Crippen LogP contribution < -0.4 is 0 Å². The highest BCUT2D eigenvalue weighted by Gasteiger charge is 2.33. The largest absolute Gasteiger partial charge is 0.558 e. The zero-order valence-electron chi connectivity index (χ0n) is 7.95. The molecule has 0 aromatic heterocycles. The standard InChI is InChI=1S/C10H7F3O3/c1-7(8-5-3-2-4-6-8)9(14)15-16-10(11,12)13/h2-6H,1H2. The molecule has 0 fully saturated rings. The lowest BCUT2D eigenvalue weighted by Crippen LogP contribution is -2.17. The summed E-state index contributed by atoms with van der Waals surface area (Å²) in [6.07, 6.45) is -5.02. The van der Waals surface area contributed by atoms with Gasteiger partial charge in [0.05, 0.1) is 5.57 Å². The summed E-state index contributed by atoms with van der Waals surface area (Å²) in [7, 11) is 0. The molecule has 1 rings (SSSR count). The molecule has 86 valence electrons. The minimum absolute atomic E-state index is 0.218. The Morgan fingerprint density at radius 2 is 1.75 bits per heavy atom. The van der Waals surface area contributed by atoms with Crippen LogP contribution in [-0.2, 0) is 14.6 Å². The molecule has 0 radical (unpaired) electrons. The lowest BCUT2D eigenvalue weighted by molar-refractivity contribution is -0.460. The highest BCUT2D eigenvalue weighted by atomic mass is 19.4. The molecular formula is C10H7F3O3. The van der Waals surface area contributed by atoms with E-state index in [0.717, 1.165) is 0 Å². The van der Waals surface area contributed by atoms with Crippen molar-refractivity contribution in [3.8, 4) is 0 Å². The molecule has 0 spiro atoms. The maximum atomic E-state index is 11.6. The van der Waals surface area contributed by atoms with Gasteiger partial charge in [-0.25, -0.2) is 4.79 Å². The molecule has 0 saturated heterocycles. The maximum absolute atomic E-state index is 11.6. The molecule has 3 nitrogen and oxygen atoms in total. The Morgan fingerprint density at radius 1 is 1.19 bits per heavy atom. The maximum Gasteiger partial charge on any atom is 0.558 e. The lowest BCUT2D eigenvalue weighted by Gasteiger charge is -2.07. The fourth-order valence-corrected chi connectivity index (χ4v) is 0.893. The molecule has 0 saturated carbocycles. The number of benzene rings is 1. The highest BCUT2D eigenvalue weighted by Crippen LogP contribution is 2.19. The average Bonchev–Trinajstić information content (AvgIpc) is 2.25. The van der Waals surface area contributed by atoms with Crippen LogP contribution in [0.25, 0.3) is 5.57 Å². The van der Waals surface area contributed by atoms with Gasteiger partial charge in [-0.1, -0.05) is 41.8 Å². The van der Waals surface area contributed by atoms with Crippen LogP contribution in [0, 0.1) is 0 Å². The third-order valence-electron chi connectivity index (χ3n) is 1.58. The van der Waals surface area contributed by atoms with E-state index in [2.05, 4.69) is 16.4 Å². The Bertz CT molecular complexity index is 384. The van der Waals surface area contributed by atoms with Crippen LogP contribution in [0.15, 0.2) is 36.9 Å². The summed E-state index contributed by atoms with van der Waals surface area (Å²) in [6.45, 7) is 3.30. The van der Waals surface area contributed by atoms with Crippen molar-refractivity contribution in [2.45, 2.75) is 6.36 Å². The van der Waals surface area contributed by atoms with E-state index >= 15 is 0 Å². The van der Waals surface area contributed by atoms with E-state index in [1.54, 1.807) is 18.2 Å². The monoisotopic (exact) mass is 232 g/mol. The summed E-state index contributed by atoms with van der Waals surface area (Å²) in [5.41, 5.74) is 0.142. The fourth-order valence-electron chi connectivity index (χ4n) is 0.893. The van der Waals surface area contributed by atoms with Crippen LogP contribution in [0.3, 0.4) is 0 Å². The molecule has 0 bridgehead atoms. The van der Waals surface area contributed by atoms with Gasteiger partial charge in [0, 0.05) is 0 Å². The zero-order valence-corrected chi connectivity index (χ0v) is 7.95. The van der Waals surface area contributed by atoms with Gasteiger partial charge in [0.25, 0.3) is 0 Å². The van der Waals surface area contributed by atoms with Crippen LogP contribution in [0.1, 0.15) is 5.56 Å². The highest BCUT2D eigenvalue weighted by molar-refractivity contribution is 6.15. The molecule has 0 heterocycles. The number of hydrogen-bond donors (Lipinski definition) is 0. The molecular weight excluding hydrogens is 225 g/mol. The van der Waals surface area contributed by atoms with E-state index in [-0.39, 0.29) is 5.57 Å². The van der Waals surface area contributed by atoms with Gasteiger partial charge in [-0.2, -0.15) is 0 Å². The van der Waals surface area contributed by atoms with Crippen LogP contribution in [0.2, 0.25) is 0 Å². The second-order valence-corrected chi connectivity index (χ2v) is 2.74. The summed E-state index contributed by atoms with van der Waals surface area (Å²) in [6, 6.07) is 7.93. The van der Waals surface area contributed by atoms with Gasteiger partial charge in [0.2, 0.25) is 0 Å². The lowest BCUT2D eigenvalue weighted by atomic mass is 10.1. The van der Waals surface area contributed by atoms with Crippen LogP contribution in [0.5, 0.6) is 0 Å². The summed E-state index contributed by atoms with van der Waals surface area (Å²) in [5.74, 6) is -1.29. The van der Waals surface area contributed by atoms with Crippen molar-refractivity contribution in [2.75, 3.05) is 0 Å². The number of hydrogen-bond acceptors (Lipinski definition) is 3. The predicted octanol–water partition coefficient (Wildman–Crippen LogP) is 2.69. The normalized spacial score (nSPS) is 10.9. The van der Waals surface area contributed by atoms with Crippen molar-refractivity contribution < 1.29 is 27.7 Å². The first-order chi connectivity index (χ1) is 7.40. The Morgan fingerprint density at radius 3 is 2.25 bits per heavy atom. The summed E-state index contributed by atoms with van der Waals surface area (Å²) < 4.78 is 34.7. The molecule has 0 aliphatic heterocycles. The molecule has 1 aromatic carbocycles. The fraction of sp³-hybridized carbons (Fsp3) is 0.100. The SMILES string of the molecule is C=C(C(=O)OOC(F)(F)F)c1ccccc1. The minimum Gasteiger partial charge on any atom is -0.284 e. The van der Waals surface area contributed by atoms with Gasteiger partial charge >= 0.3 is 12.3 Å². The smallest absolute Gasteiger partial charge is 0.284 e. The Kier molecular flexibility index (Phi) is 3.68. The van der Waals surface area contributed by atoms with Crippen molar-refractivity contribution in [1.29, 1.82) is 0 Å². The van der Waals surface area contributed by atoms with Crippen molar-refractivity contribution in [1.82, 2.24) is 0 Å². The third-order valence-corrected chi connectivity index (χ3v) is 1.58. The topological polar surface area (TPSA) is 35.5 Å². The van der Waals surface area contributed by atoms with E-state index in [9.17, 15) is 18.0 Å². The van der Waals surface area contributed by atoms with Crippen molar-refractivity contribution >= 4 is 11.5 Å². The molecule has 0 atom stereocenters. The second-order valence-electron chi connectivity index (χ2n) is 2.74. The number of rotatable bonds is 3.